The first-order valence-electron chi connectivity index (χ1n) is 8.22. The number of aromatic nitrogens is 3. The molecule has 8 nitrogen and oxygen atoms in total. The van der Waals surface area contributed by atoms with E-state index in [0.717, 1.165) is 18.9 Å². The minimum Gasteiger partial charge on any atom is -0.476 e. The Morgan fingerprint density at radius 3 is 2.80 bits per heavy atom. The van der Waals surface area contributed by atoms with E-state index in [0.29, 0.717) is 43.6 Å². The van der Waals surface area contributed by atoms with Crippen LogP contribution >= 0.6 is 0 Å². The van der Waals surface area contributed by atoms with Crippen LogP contribution in [0.15, 0.2) is 30.6 Å². The van der Waals surface area contributed by atoms with Crippen LogP contribution in [0.2, 0.25) is 0 Å². The Hall–Kier alpha value is -2.74. The average Bonchev–Trinajstić information content (AvgIpc) is 2.66. The number of aryl methyl sites for hydroxylation is 1. The molecule has 0 aromatic carbocycles. The van der Waals surface area contributed by atoms with Crippen LogP contribution in [0.25, 0.3) is 0 Å². The van der Waals surface area contributed by atoms with Crippen molar-refractivity contribution in [1.29, 1.82) is 0 Å². The molecule has 0 saturated carbocycles. The van der Waals surface area contributed by atoms with Gasteiger partial charge in [-0.3, -0.25) is 9.78 Å². The highest BCUT2D eigenvalue weighted by atomic mass is 16.5. The van der Waals surface area contributed by atoms with Crippen LogP contribution in [0.1, 0.15) is 16.2 Å². The Kier molecular flexibility index (Phi) is 5.73. The molecule has 0 unspecified atom stereocenters. The molecule has 0 radical (unpaired) electrons. The standard InChI is InChI=1S/C17H21N5O3/c1-13-20-15(22-7-10-24-11-8-22)12-16(21-13)25-9-6-19-17(23)14-2-4-18-5-3-14/h2-5,12H,6-11H2,1H3,(H,19,23). The molecule has 0 aliphatic carbocycles. The quantitative estimate of drug-likeness (QED) is 0.777. The van der Waals surface area contributed by atoms with Gasteiger partial charge in [0.15, 0.2) is 0 Å². The molecule has 0 atom stereocenters. The minimum absolute atomic E-state index is 0.154. The van der Waals surface area contributed by atoms with Gasteiger partial charge in [0.05, 0.1) is 19.8 Å². The van der Waals surface area contributed by atoms with Gasteiger partial charge in [0, 0.05) is 37.1 Å². The van der Waals surface area contributed by atoms with Gasteiger partial charge in [-0.1, -0.05) is 0 Å². The maximum atomic E-state index is 11.9. The van der Waals surface area contributed by atoms with Crippen LogP contribution in [0, 0.1) is 6.92 Å². The number of hydrogen-bond acceptors (Lipinski definition) is 7. The summed E-state index contributed by atoms with van der Waals surface area (Å²) < 4.78 is 11.0. The fraction of sp³-hybridized carbons (Fsp3) is 0.412. The van der Waals surface area contributed by atoms with E-state index in [1.165, 1.54) is 0 Å². The van der Waals surface area contributed by atoms with Crippen LogP contribution in [0.4, 0.5) is 5.82 Å². The lowest BCUT2D eigenvalue weighted by atomic mass is 10.2. The number of amides is 1. The maximum Gasteiger partial charge on any atom is 0.251 e. The predicted octanol–water partition coefficient (Wildman–Crippen LogP) is 0.825. The van der Waals surface area contributed by atoms with Crippen molar-refractivity contribution in [2.75, 3.05) is 44.4 Å². The number of ether oxygens (including phenoxy) is 2. The molecule has 3 heterocycles. The first-order valence-corrected chi connectivity index (χ1v) is 8.22. The number of carbonyl (C=O) groups excluding carboxylic acids is 1. The molecule has 1 fully saturated rings. The van der Waals surface area contributed by atoms with Gasteiger partial charge >= 0.3 is 0 Å². The van der Waals surface area contributed by atoms with Gasteiger partial charge in [0.2, 0.25) is 5.88 Å². The zero-order valence-electron chi connectivity index (χ0n) is 14.1. The van der Waals surface area contributed by atoms with Crippen molar-refractivity contribution in [1.82, 2.24) is 20.3 Å². The summed E-state index contributed by atoms with van der Waals surface area (Å²) in [4.78, 5) is 26.7. The number of nitrogens with zero attached hydrogens (tertiary/aromatic N) is 4. The van der Waals surface area contributed by atoms with E-state index in [2.05, 4.69) is 25.2 Å². The fourth-order valence-electron chi connectivity index (χ4n) is 2.48. The van der Waals surface area contributed by atoms with Crippen LogP contribution in [0.5, 0.6) is 5.88 Å². The van der Waals surface area contributed by atoms with Gasteiger partial charge < -0.3 is 19.7 Å². The molecule has 1 N–H and O–H groups in total. The van der Waals surface area contributed by atoms with Crippen molar-refractivity contribution in [2.24, 2.45) is 0 Å². The predicted molar refractivity (Wildman–Crippen MR) is 91.9 cm³/mol. The highest BCUT2D eigenvalue weighted by Crippen LogP contribution is 2.18. The van der Waals surface area contributed by atoms with E-state index in [4.69, 9.17) is 9.47 Å². The normalized spacial score (nSPS) is 14.2. The Bertz CT molecular complexity index is 705. The SMILES string of the molecule is Cc1nc(OCCNC(=O)c2ccncc2)cc(N2CCOCC2)n1. The monoisotopic (exact) mass is 343 g/mol. The van der Waals surface area contributed by atoms with E-state index in [1.807, 2.05) is 13.0 Å². The number of anilines is 1. The molecule has 25 heavy (non-hydrogen) atoms. The number of pyridine rings is 1. The van der Waals surface area contributed by atoms with E-state index in [1.54, 1.807) is 24.5 Å². The molecule has 0 bridgehead atoms. The number of carbonyl (C=O) groups is 1. The summed E-state index contributed by atoms with van der Waals surface area (Å²) >= 11 is 0. The van der Waals surface area contributed by atoms with Gasteiger partial charge in [-0.2, -0.15) is 4.98 Å². The second kappa shape index (κ2) is 8.39. The highest BCUT2D eigenvalue weighted by molar-refractivity contribution is 5.93. The maximum absolute atomic E-state index is 11.9. The molecule has 2 aromatic heterocycles. The Morgan fingerprint density at radius 2 is 2.04 bits per heavy atom. The van der Waals surface area contributed by atoms with Crippen LogP contribution < -0.4 is 15.0 Å². The summed E-state index contributed by atoms with van der Waals surface area (Å²) in [5.41, 5.74) is 0.572. The number of morpholine rings is 1. The summed E-state index contributed by atoms with van der Waals surface area (Å²) in [7, 11) is 0. The lowest BCUT2D eigenvalue weighted by Crippen LogP contribution is -2.37. The summed E-state index contributed by atoms with van der Waals surface area (Å²) in [6.45, 7) is 5.55. The minimum atomic E-state index is -0.154. The molecule has 8 heteroatoms. The fourth-order valence-corrected chi connectivity index (χ4v) is 2.48. The highest BCUT2D eigenvalue weighted by Gasteiger charge is 2.14. The lowest BCUT2D eigenvalue weighted by molar-refractivity contribution is 0.0946. The molecular weight excluding hydrogens is 322 g/mol. The summed E-state index contributed by atoms with van der Waals surface area (Å²) in [5.74, 6) is 1.84. The van der Waals surface area contributed by atoms with E-state index in [9.17, 15) is 4.79 Å². The third-order valence-electron chi connectivity index (χ3n) is 3.72. The van der Waals surface area contributed by atoms with E-state index in [-0.39, 0.29) is 5.91 Å². The Morgan fingerprint density at radius 1 is 1.28 bits per heavy atom. The average molecular weight is 343 g/mol. The molecule has 2 aromatic rings. The van der Waals surface area contributed by atoms with Gasteiger partial charge in [-0.15, -0.1) is 0 Å². The smallest absolute Gasteiger partial charge is 0.251 e. The summed E-state index contributed by atoms with van der Waals surface area (Å²) in [5, 5.41) is 2.80. The van der Waals surface area contributed by atoms with Crippen LogP contribution in [-0.4, -0.2) is 60.3 Å². The molecule has 1 aliphatic heterocycles. The van der Waals surface area contributed by atoms with E-state index >= 15 is 0 Å². The number of rotatable bonds is 6. The first-order chi connectivity index (χ1) is 12.2. The van der Waals surface area contributed by atoms with Crippen molar-refractivity contribution < 1.29 is 14.3 Å². The third-order valence-corrected chi connectivity index (χ3v) is 3.72. The zero-order valence-corrected chi connectivity index (χ0v) is 14.1. The topological polar surface area (TPSA) is 89.5 Å². The van der Waals surface area contributed by atoms with Crippen molar-refractivity contribution in [3.05, 3.63) is 42.0 Å². The second-order valence-corrected chi connectivity index (χ2v) is 5.55. The van der Waals surface area contributed by atoms with Crippen molar-refractivity contribution in [3.63, 3.8) is 0 Å². The van der Waals surface area contributed by atoms with Gasteiger partial charge in [-0.25, -0.2) is 4.98 Å². The Balaban J connectivity index is 1.51. The molecule has 132 valence electrons. The molecular formula is C17H21N5O3. The second-order valence-electron chi connectivity index (χ2n) is 5.55. The molecule has 3 rings (SSSR count). The number of hydrogen-bond donors (Lipinski definition) is 1. The van der Waals surface area contributed by atoms with Crippen molar-refractivity contribution >= 4 is 11.7 Å². The molecule has 1 saturated heterocycles. The summed E-state index contributed by atoms with van der Waals surface area (Å²) in [6.07, 6.45) is 3.17. The van der Waals surface area contributed by atoms with Crippen molar-refractivity contribution in [2.45, 2.75) is 6.92 Å². The third kappa shape index (κ3) is 4.87. The van der Waals surface area contributed by atoms with Crippen LogP contribution in [-0.2, 0) is 4.74 Å². The zero-order chi connectivity index (χ0) is 17.5. The molecule has 0 spiro atoms. The van der Waals surface area contributed by atoms with Gasteiger partial charge in [0.1, 0.15) is 18.2 Å². The van der Waals surface area contributed by atoms with Crippen LogP contribution in [0.3, 0.4) is 0 Å². The largest absolute Gasteiger partial charge is 0.476 e. The van der Waals surface area contributed by atoms with Gasteiger partial charge in [-0.05, 0) is 19.1 Å². The van der Waals surface area contributed by atoms with E-state index < -0.39 is 0 Å². The molecule has 1 amide bonds. The molecule has 1 aliphatic rings. The van der Waals surface area contributed by atoms with Crippen molar-refractivity contribution in [3.8, 4) is 5.88 Å². The Labute approximate surface area is 146 Å². The number of nitrogens with one attached hydrogen (secondary N) is 1. The lowest BCUT2D eigenvalue weighted by Gasteiger charge is -2.28. The van der Waals surface area contributed by atoms with Gasteiger partial charge in [0.25, 0.3) is 5.91 Å². The summed E-state index contributed by atoms with van der Waals surface area (Å²) in [6, 6.07) is 5.15. The first kappa shape index (κ1) is 17.1.